The molecule has 2 amide bonds. The zero-order chi connectivity index (χ0) is 21.0. The molecular weight excluding hydrogens is 460 g/mol. The summed E-state index contributed by atoms with van der Waals surface area (Å²) in [5.74, 6) is 0.165. The van der Waals surface area contributed by atoms with E-state index in [1.54, 1.807) is 55.5 Å². The predicted molar refractivity (Wildman–Crippen MR) is 112 cm³/mol. The monoisotopic (exact) mass is 476 g/mol. The molecule has 0 saturated heterocycles. The number of aryl methyl sites for hydroxylation is 1. The van der Waals surface area contributed by atoms with Gasteiger partial charge in [0.25, 0.3) is 10.0 Å². The minimum atomic E-state index is -4.21. The number of rotatable bonds is 5. The summed E-state index contributed by atoms with van der Waals surface area (Å²) in [6.45, 7) is 1.69. The van der Waals surface area contributed by atoms with Gasteiger partial charge in [0.1, 0.15) is 4.90 Å². The maximum absolute atomic E-state index is 13.0. The molecule has 0 fully saturated rings. The predicted octanol–water partition coefficient (Wildman–Crippen LogP) is 3.73. The lowest BCUT2D eigenvalue weighted by molar-refractivity contribution is 0.256. The molecule has 8 nitrogen and oxygen atoms in total. The molecule has 0 spiro atoms. The molecule has 0 aliphatic rings. The number of urea groups is 1. The summed E-state index contributed by atoms with van der Waals surface area (Å²) < 4.78 is 33.3. The van der Waals surface area contributed by atoms with E-state index >= 15 is 0 Å². The zero-order valence-electron chi connectivity index (χ0n) is 15.5. The summed E-state index contributed by atoms with van der Waals surface area (Å²) in [5, 5.41) is 2.32. The molecule has 0 bridgehead atoms. The molecule has 0 aliphatic carbocycles. The molecule has 0 atom stereocenters. The van der Waals surface area contributed by atoms with Crippen LogP contribution in [0.3, 0.4) is 0 Å². The van der Waals surface area contributed by atoms with Crippen LogP contribution >= 0.6 is 15.9 Å². The van der Waals surface area contributed by atoms with Crippen LogP contribution in [0.4, 0.5) is 10.7 Å². The molecule has 150 valence electrons. The van der Waals surface area contributed by atoms with E-state index in [9.17, 15) is 13.2 Å². The zero-order valence-corrected chi connectivity index (χ0v) is 17.9. The summed E-state index contributed by atoms with van der Waals surface area (Å²) >= 11 is 3.27. The van der Waals surface area contributed by atoms with Crippen LogP contribution < -0.4 is 14.8 Å². The topological polar surface area (TPSA) is 110 Å². The molecule has 29 heavy (non-hydrogen) atoms. The highest BCUT2D eigenvalue weighted by Crippen LogP contribution is 2.33. The highest BCUT2D eigenvalue weighted by atomic mass is 79.9. The molecule has 0 saturated carbocycles. The average molecular weight is 477 g/mol. The molecule has 3 aromatic rings. The molecule has 1 aromatic heterocycles. The van der Waals surface area contributed by atoms with Gasteiger partial charge < -0.3 is 4.74 Å². The van der Waals surface area contributed by atoms with Gasteiger partial charge in [-0.2, -0.15) is 4.98 Å². The fourth-order valence-electron chi connectivity index (χ4n) is 2.63. The Kier molecular flexibility index (Phi) is 6.14. The number of nitrogens with one attached hydrogen (secondary N) is 2. The molecule has 3 rings (SSSR count). The van der Waals surface area contributed by atoms with Crippen molar-refractivity contribution in [3.63, 3.8) is 0 Å². The Labute approximate surface area is 176 Å². The number of hydrogen-bond acceptors (Lipinski definition) is 6. The van der Waals surface area contributed by atoms with Crippen molar-refractivity contribution in [2.45, 2.75) is 11.8 Å². The number of nitrogens with zero attached hydrogens (tertiary/aromatic N) is 2. The second-order valence-corrected chi connectivity index (χ2v) is 8.39. The molecule has 10 heteroatoms. The van der Waals surface area contributed by atoms with E-state index in [2.05, 4.69) is 31.2 Å². The smallest absolute Gasteiger partial charge is 0.335 e. The van der Waals surface area contributed by atoms with Gasteiger partial charge in [0.15, 0.2) is 0 Å². The Morgan fingerprint density at radius 1 is 1.07 bits per heavy atom. The first-order chi connectivity index (χ1) is 13.8. The van der Waals surface area contributed by atoms with E-state index in [1.807, 2.05) is 10.8 Å². The van der Waals surface area contributed by atoms with Crippen LogP contribution in [-0.4, -0.2) is 31.5 Å². The third kappa shape index (κ3) is 4.90. The Hall–Kier alpha value is -2.98. The molecule has 0 radical (unpaired) electrons. The summed E-state index contributed by atoms with van der Waals surface area (Å²) in [6.07, 6.45) is 0. The first kappa shape index (κ1) is 20.7. The number of aromatic nitrogens is 2. The number of amides is 2. The average Bonchev–Trinajstić information content (AvgIpc) is 2.67. The van der Waals surface area contributed by atoms with Gasteiger partial charge in [-0.1, -0.05) is 42.5 Å². The second-order valence-electron chi connectivity index (χ2n) is 5.92. The normalized spacial score (nSPS) is 11.0. The van der Waals surface area contributed by atoms with Crippen molar-refractivity contribution in [1.82, 2.24) is 14.7 Å². The van der Waals surface area contributed by atoms with Crippen LogP contribution in [0.15, 0.2) is 64.0 Å². The van der Waals surface area contributed by atoms with Crippen LogP contribution in [0.1, 0.15) is 5.69 Å². The maximum atomic E-state index is 13.0. The van der Waals surface area contributed by atoms with Crippen molar-refractivity contribution >= 4 is 37.9 Å². The van der Waals surface area contributed by atoms with E-state index in [0.29, 0.717) is 21.3 Å². The fourth-order valence-corrected chi connectivity index (χ4v) is 4.83. The van der Waals surface area contributed by atoms with Crippen LogP contribution in [0, 0.1) is 6.92 Å². The maximum Gasteiger partial charge on any atom is 0.335 e. The highest BCUT2D eigenvalue weighted by Gasteiger charge is 2.25. The van der Waals surface area contributed by atoms with Crippen molar-refractivity contribution in [2.75, 3.05) is 12.4 Å². The van der Waals surface area contributed by atoms with Crippen molar-refractivity contribution in [3.8, 4) is 17.0 Å². The SMILES string of the molecule is COc1cc(C)nc(NC(=O)NS(=O)(=O)c2c(Br)cccc2-c2ccccc2)n1. The van der Waals surface area contributed by atoms with Gasteiger partial charge in [0.05, 0.1) is 7.11 Å². The lowest BCUT2D eigenvalue weighted by Gasteiger charge is -2.14. The van der Waals surface area contributed by atoms with E-state index in [-0.39, 0.29) is 16.7 Å². The largest absolute Gasteiger partial charge is 0.481 e. The van der Waals surface area contributed by atoms with Crippen LogP contribution in [0.2, 0.25) is 0 Å². The molecule has 2 aromatic carbocycles. The van der Waals surface area contributed by atoms with Crippen molar-refractivity contribution < 1.29 is 17.9 Å². The Morgan fingerprint density at radius 2 is 1.79 bits per heavy atom. The molecule has 0 aliphatic heterocycles. The third-order valence-corrected chi connectivity index (χ3v) is 6.17. The minimum Gasteiger partial charge on any atom is -0.481 e. The van der Waals surface area contributed by atoms with Crippen molar-refractivity contribution in [3.05, 3.63) is 64.8 Å². The van der Waals surface area contributed by atoms with E-state index in [4.69, 9.17) is 4.74 Å². The number of halogens is 1. The highest BCUT2D eigenvalue weighted by molar-refractivity contribution is 9.10. The van der Waals surface area contributed by atoms with Gasteiger partial charge in [0, 0.05) is 21.8 Å². The number of hydrogen-bond donors (Lipinski definition) is 2. The summed E-state index contributed by atoms with van der Waals surface area (Å²) in [6, 6.07) is 14.6. The van der Waals surface area contributed by atoms with Gasteiger partial charge in [-0.3, -0.25) is 5.32 Å². The number of methoxy groups -OCH3 is 1. The van der Waals surface area contributed by atoms with Gasteiger partial charge >= 0.3 is 6.03 Å². The van der Waals surface area contributed by atoms with E-state index in [0.717, 1.165) is 0 Å². The number of carbonyl (C=O) groups is 1. The second kappa shape index (κ2) is 8.58. The van der Waals surface area contributed by atoms with E-state index < -0.39 is 16.1 Å². The lowest BCUT2D eigenvalue weighted by Crippen LogP contribution is -2.35. The standard InChI is InChI=1S/C19H17BrN4O4S/c1-12-11-16(28-2)22-18(21-12)23-19(25)24-29(26,27)17-14(9-6-10-15(17)20)13-7-4-3-5-8-13/h3-11H,1-2H3,(H2,21,22,23,24,25). The van der Waals surface area contributed by atoms with Gasteiger partial charge in [-0.25, -0.2) is 22.9 Å². The molecular formula is C19H17BrN4O4S. The lowest BCUT2D eigenvalue weighted by atomic mass is 10.1. The quantitative estimate of drug-likeness (QED) is 0.580. The van der Waals surface area contributed by atoms with Crippen LogP contribution in [0.5, 0.6) is 5.88 Å². The number of sulfonamides is 1. The molecule has 0 unspecified atom stereocenters. The number of ether oxygens (including phenoxy) is 1. The molecule has 2 N–H and O–H groups in total. The minimum absolute atomic E-state index is 0.0518. The van der Waals surface area contributed by atoms with Crippen molar-refractivity contribution in [2.24, 2.45) is 0 Å². The number of anilines is 1. The Balaban J connectivity index is 1.91. The third-order valence-electron chi connectivity index (χ3n) is 3.81. The summed E-state index contributed by atoms with van der Waals surface area (Å²) in [7, 11) is -2.79. The Bertz CT molecular complexity index is 1150. The van der Waals surface area contributed by atoms with Crippen molar-refractivity contribution in [1.29, 1.82) is 0 Å². The van der Waals surface area contributed by atoms with Gasteiger partial charge in [-0.05, 0) is 34.5 Å². The Morgan fingerprint density at radius 3 is 2.48 bits per heavy atom. The first-order valence-corrected chi connectivity index (χ1v) is 10.6. The number of carbonyl (C=O) groups excluding carboxylic acids is 1. The summed E-state index contributed by atoms with van der Waals surface area (Å²) in [5.41, 5.74) is 1.70. The van der Waals surface area contributed by atoms with Gasteiger partial charge in [-0.15, -0.1) is 0 Å². The fraction of sp³-hybridized carbons (Fsp3) is 0.105. The number of benzene rings is 2. The van der Waals surface area contributed by atoms with Crippen LogP contribution in [0.25, 0.3) is 11.1 Å². The summed E-state index contributed by atoms with van der Waals surface area (Å²) in [4.78, 5) is 20.3. The first-order valence-electron chi connectivity index (χ1n) is 8.37. The molecule has 1 heterocycles. The van der Waals surface area contributed by atoms with Crippen LogP contribution in [-0.2, 0) is 10.0 Å². The van der Waals surface area contributed by atoms with Gasteiger partial charge in [0.2, 0.25) is 11.8 Å². The van der Waals surface area contributed by atoms with E-state index in [1.165, 1.54) is 7.11 Å².